The third kappa shape index (κ3) is 6.74. The number of rotatable bonds is 9. The van der Waals surface area contributed by atoms with E-state index in [1.54, 1.807) is 43.3 Å². The summed E-state index contributed by atoms with van der Waals surface area (Å²) in [6.45, 7) is 4.27. The zero-order chi connectivity index (χ0) is 25.5. The van der Waals surface area contributed by atoms with E-state index < -0.39 is 12.0 Å². The Kier molecular flexibility index (Phi) is 9.13. The highest BCUT2D eigenvalue weighted by molar-refractivity contribution is 7.99. The Morgan fingerprint density at radius 2 is 1.74 bits per heavy atom. The average molecular weight is 536 g/mol. The molecule has 1 heterocycles. The normalized spacial score (nSPS) is 11.6. The highest BCUT2D eigenvalue weighted by atomic mass is 35.5. The number of hydrogen-bond acceptors (Lipinski definition) is 7. The van der Waals surface area contributed by atoms with Crippen LogP contribution in [0.15, 0.2) is 47.6 Å². The summed E-state index contributed by atoms with van der Waals surface area (Å²) in [4.78, 5) is 36.5. The van der Waals surface area contributed by atoms with Gasteiger partial charge in [-0.15, -0.1) is 10.2 Å². The van der Waals surface area contributed by atoms with Crippen LogP contribution in [0, 0.1) is 0 Å². The molecule has 0 saturated carbocycles. The van der Waals surface area contributed by atoms with Crippen LogP contribution in [-0.2, 0) is 16.1 Å². The molecule has 0 aliphatic carbocycles. The van der Waals surface area contributed by atoms with Crippen molar-refractivity contribution < 1.29 is 19.1 Å². The van der Waals surface area contributed by atoms with Crippen molar-refractivity contribution in [2.45, 2.75) is 31.6 Å². The molecule has 0 bridgehead atoms. The van der Waals surface area contributed by atoms with Crippen molar-refractivity contribution in [3.8, 4) is 0 Å². The molecule has 3 aromatic rings. The number of carbonyl (C=O) groups excluding carboxylic acids is 3. The molecular formula is C23H23Cl2N5O4S. The smallest absolute Gasteiger partial charge is 0.337 e. The first-order valence-corrected chi connectivity index (χ1v) is 12.3. The molecule has 2 aromatic carbocycles. The van der Waals surface area contributed by atoms with E-state index >= 15 is 0 Å². The number of methoxy groups -OCH3 is 1. The number of halogens is 2. The zero-order valence-electron chi connectivity index (χ0n) is 19.2. The van der Waals surface area contributed by atoms with Crippen molar-refractivity contribution in [1.82, 2.24) is 20.1 Å². The second-order valence-corrected chi connectivity index (χ2v) is 9.07. The summed E-state index contributed by atoms with van der Waals surface area (Å²) in [5.41, 5.74) is 1.32. The van der Waals surface area contributed by atoms with E-state index in [1.807, 2.05) is 11.5 Å². The quantitative estimate of drug-likeness (QED) is 0.303. The number of nitrogens with zero attached hydrogens (tertiary/aromatic N) is 3. The number of carbonyl (C=O) groups is 3. The van der Waals surface area contributed by atoms with Crippen molar-refractivity contribution in [3.63, 3.8) is 0 Å². The Morgan fingerprint density at radius 1 is 1.06 bits per heavy atom. The lowest BCUT2D eigenvalue weighted by Gasteiger charge is -2.15. The number of benzene rings is 2. The fourth-order valence-electron chi connectivity index (χ4n) is 3.14. The van der Waals surface area contributed by atoms with E-state index in [0.717, 1.165) is 0 Å². The Hall–Kier alpha value is -3.08. The van der Waals surface area contributed by atoms with Crippen LogP contribution < -0.4 is 10.6 Å². The number of thioether (sulfide) groups is 1. The summed E-state index contributed by atoms with van der Waals surface area (Å²) in [5, 5.41) is 15.3. The number of aromatic nitrogens is 3. The molecule has 0 unspecified atom stereocenters. The molecule has 1 atom stereocenters. The Balaban J connectivity index is 1.60. The summed E-state index contributed by atoms with van der Waals surface area (Å²) >= 11 is 13.1. The molecule has 35 heavy (non-hydrogen) atoms. The van der Waals surface area contributed by atoms with Gasteiger partial charge >= 0.3 is 5.97 Å². The van der Waals surface area contributed by atoms with Gasteiger partial charge in [0.2, 0.25) is 5.91 Å². The molecule has 0 spiro atoms. The molecule has 1 aromatic heterocycles. The molecule has 184 valence electrons. The van der Waals surface area contributed by atoms with E-state index in [1.165, 1.54) is 24.9 Å². The Labute approximate surface area is 216 Å². The van der Waals surface area contributed by atoms with Crippen LogP contribution in [0.4, 0.5) is 5.69 Å². The van der Waals surface area contributed by atoms with Crippen LogP contribution in [-0.4, -0.2) is 45.4 Å². The first kappa shape index (κ1) is 26.5. The van der Waals surface area contributed by atoms with Crippen molar-refractivity contribution in [2.24, 2.45) is 0 Å². The fourth-order valence-corrected chi connectivity index (χ4v) is 4.25. The van der Waals surface area contributed by atoms with Gasteiger partial charge in [-0.2, -0.15) is 0 Å². The lowest BCUT2D eigenvalue weighted by Crippen LogP contribution is -2.28. The lowest BCUT2D eigenvalue weighted by molar-refractivity contribution is -0.113. The predicted octanol–water partition coefficient (Wildman–Crippen LogP) is 4.61. The van der Waals surface area contributed by atoms with E-state index in [9.17, 15) is 14.4 Å². The van der Waals surface area contributed by atoms with Crippen LogP contribution in [0.1, 0.15) is 46.4 Å². The van der Waals surface area contributed by atoms with Gasteiger partial charge in [-0.05, 0) is 56.3 Å². The average Bonchev–Trinajstić information content (AvgIpc) is 3.27. The standard InChI is InChI=1S/C23H23Cl2N5O4S/c1-4-30-20(13(2)26-21(32)15-7-10-17(24)18(25)11-15)28-29-23(30)35-12-19(31)27-16-8-5-14(6-9-16)22(33)34-3/h5-11,13H,4,12H2,1-3H3,(H,26,32)(H,27,31)/t13-/m0/s1. The highest BCUT2D eigenvalue weighted by Gasteiger charge is 2.20. The molecule has 0 aliphatic heterocycles. The SMILES string of the molecule is CCn1c(SCC(=O)Nc2ccc(C(=O)OC)cc2)nnc1[C@H](C)NC(=O)c1ccc(Cl)c(Cl)c1. The topological polar surface area (TPSA) is 115 Å². The molecule has 2 N–H and O–H groups in total. The maximum atomic E-state index is 12.6. The van der Waals surface area contributed by atoms with Gasteiger partial charge in [0.15, 0.2) is 11.0 Å². The predicted molar refractivity (Wildman–Crippen MR) is 135 cm³/mol. The number of esters is 1. The Bertz CT molecular complexity index is 1230. The molecule has 0 saturated heterocycles. The van der Waals surface area contributed by atoms with Crippen LogP contribution in [0.5, 0.6) is 0 Å². The van der Waals surface area contributed by atoms with Gasteiger partial charge < -0.3 is 19.9 Å². The van der Waals surface area contributed by atoms with Gasteiger partial charge in [0.25, 0.3) is 5.91 Å². The van der Waals surface area contributed by atoms with Gasteiger partial charge in [0.1, 0.15) is 0 Å². The zero-order valence-corrected chi connectivity index (χ0v) is 21.5. The molecule has 9 nitrogen and oxygen atoms in total. The number of amides is 2. The summed E-state index contributed by atoms with van der Waals surface area (Å²) in [5.74, 6) is -0.360. The van der Waals surface area contributed by atoms with Gasteiger partial charge in [0, 0.05) is 17.8 Å². The molecule has 0 radical (unpaired) electrons. The molecule has 2 amide bonds. The van der Waals surface area contributed by atoms with Crippen molar-refractivity contribution in [1.29, 1.82) is 0 Å². The third-order valence-electron chi connectivity index (χ3n) is 4.90. The van der Waals surface area contributed by atoms with Gasteiger partial charge in [-0.3, -0.25) is 9.59 Å². The molecular weight excluding hydrogens is 513 g/mol. The molecule has 12 heteroatoms. The number of nitrogens with one attached hydrogen (secondary N) is 2. The summed E-state index contributed by atoms with van der Waals surface area (Å²) in [6, 6.07) is 10.6. The minimum absolute atomic E-state index is 0.0981. The minimum atomic E-state index is -0.449. The largest absolute Gasteiger partial charge is 0.465 e. The van der Waals surface area contributed by atoms with Crippen molar-refractivity contribution in [2.75, 3.05) is 18.2 Å². The summed E-state index contributed by atoms with van der Waals surface area (Å²) < 4.78 is 6.50. The molecule has 0 fully saturated rings. The van der Waals surface area contributed by atoms with Crippen LogP contribution in [0.25, 0.3) is 0 Å². The minimum Gasteiger partial charge on any atom is -0.465 e. The van der Waals surface area contributed by atoms with Crippen LogP contribution in [0.2, 0.25) is 10.0 Å². The van der Waals surface area contributed by atoms with E-state index in [-0.39, 0.29) is 17.6 Å². The second-order valence-electron chi connectivity index (χ2n) is 7.31. The maximum Gasteiger partial charge on any atom is 0.337 e. The first-order valence-electron chi connectivity index (χ1n) is 10.5. The van der Waals surface area contributed by atoms with E-state index in [2.05, 4.69) is 25.6 Å². The van der Waals surface area contributed by atoms with E-state index in [0.29, 0.717) is 44.4 Å². The molecule has 0 aliphatic rings. The third-order valence-corrected chi connectivity index (χ3v) is 6.61. The number of ether oxygens (including phenoxy) is 1. The second kappa shape index (κ2) is 12.1. The first-order chi connectivity index (χ1) is 16.7. The fraction of sp³-hybridized carbons (Fsp3) is 0.261. The number of hydrogen-bond donors (Lipinski definition) is 2. The molecule has 3 rings (SSSR count). The van der Waals surface area contributed by atoms with Crippen molar-refractivity contribution >= 4 is 58.4 Å². The van der Waals surface area contributed by atoms with Crippen LogP contribution in [0.3, 0.4) is 0 Å². The monoisotopic (exact) mass is 535 g/mol. The number of anilines is 1. The summed E-state index contributed by atoms with van der Waals surface area (Å²) in [7, 11) is 1.31. The van der Waals surface area contributed by atoms with Crippen molar-refractivity contribution in [3.05, 3.63) is 69.5 Å². The lowest BCUT2D eigenvalue weighted by atomic mass is 10.2. The van der Waals surface area contributed by atoms with Crippen LogP contribution >= 0.6 is 35.0 Å². The van der Waals surface area contributed by atoms with Gasteiger partial charge in [-0.25, -0.2) is 4.79 Å². The summed E-state index contributed by atoms with van der Waals surface area (Å²) in [6.07, 6.45) is 0. The van der Waals surface area contributed by atoms with Gasteiger partial charge in [0.05, 0.1) is 34.5 Å². The van der Waals surface area contributed by atoms with Gasteiger partial charge in [-0.1, -0.05) is 35.0 Å². The maximum absolute atomic E-state index is 12.6. The highest BCUT2D eigenvalue weighted by Crippen LogP contribution is 2.24. The Morgan fingerprint density at radius 3 is 2.37 bits per heavy atom. The van der Waals surface area contributed by atoms with E-state index in [4.69, 9.17) is 23.2 Å².